The van der Waals surface area contributed by atoms with Crippen molar-refractivity contribution in [2.75, 3.05) is 7.11 Å². The van der Waals surface area contributed by atoms with Gasteiger partial charge in [-0.15, -0.1) is 0 Å². The number of hydrogen-bond donors (Lipinski definition) is 1. The van der Waals surface area contributed by atoms with Gasteiger partial charge >= 0.3 is 5.97 Å². The van der Waals surface area contributed by atoms with E-state index in [0.29, 0.717) is 0 Å². The van der Waals surface area contributed by atoms with Crippen molar-refractivity contribution in [3.8, 4) is 0 Å². The van der Waals surface area contributed by atoms with Crippen LogP contribution in [0, 0.1) is 5.92 Å². The van der Waals surface area contributed by atoms with Crippen LogP contribution >= 0.6 is 0 Å². The molecule has 1 N–H and O–H groups in total. The van der Waals surface area contributed by atoms with E-state index in [1.165, 1.54) is 14.0 Å². The Bertz CT molecular complexity index is 191. The van der Waals surface area contributed by atoms with Gasteiger partial charge in [-0.05, 0) is 5.92 Å². The average molecular weight is 187 g/mol. The van der Waals surface area contributed by atoms with Gasteiger partial charge in [0.25, 0.3) is 0 Å². The first-order chi connectivity index (χ1) is 6.02. The summed E-state index contributed by atoms with van der Waals surface area (Å²) in [5.74, 6) is -0.503. The van der Waals surface area contributed by atoms with Crippen molar-refractivity contribution in [1.29, 1.82) is 0 Å². The molecule has 0 saturated carbocycles. The zero-order valence-corrected chi connectivity index (χ0v) is 8.59. The quantitative estimate of drug-likeness (QED) is 0.659. The summed E-state index contributed by atoms with van der Waals surface area (Å²) in [6.45, 7) is 5.25. The van der Waals surface area contributed by atoms with E-state index in [2.05, 4.69) is 10.1 Å². The number of ether oxygens (including phenoxy) is 1. The predicted octanol–water partition coefficient (Wildman–Crippen LogP) is 0.710. The third-order valence-corrected chi connectivity index (χ3v) is 2.03. The first-order valence-corrected chi connectivity index (χ1v) is 4.37. The van der Waals surface area contributed by atoms with Crippen molar-refractivity contribution >= 4 is 11.9 Å². The van der Waals surface area contributed by atoms with Crippen LogP contribution in [0.4, 0.5) is 0 Å². The van der Waals surface area contributed by atoms with Gasteiger partial charge < -0.3 is 10.1 Å². The van der Waals surface area contributed by atoms with Crippen LogP contribution in [0.1, 0.15) is 27.2 Å². The lowest BCUT2D eigenvalue weighted by atomic mass is 9.99. The second-order valence-electron chi connectivity index (χ2n) is 3.09. The maximum atomic E-state index is 11.2. The highest BCUT2D eigenvalue weighted by Crippen LogP contribution is 2.08. The molecule has 76 valence electrons. The van der Waals surface area contributed by atoms with E-state index in [-0.39, 0.29) is 17.8 Å². The number of hydrogen-bond acceptors (Lipinski definition) is 3. The summed E-state index contributed by atoms with van der Waals surface area (Å²) in [4.78, 5) is 22.0. The summed E-state index contributed by atoms with van der Waals surface area (Å²) in [7, 11) is 1.32. The molecule has 0 aliphatic heterocycles. The van der Waals surface area contributed by atoms with E-state index < -0.39 is 6.04 Å². The Morgan fingerprint density at radius 3 is 2.31 bits per heavy atom. The lowest BCUT2D eigenvalue weighted by Gasteiger charge is -2.20. The highest BCUT2D eigenvalue weighted by Gasteiger charge is 2.25. The van der Waals surface area contributed by atoms with Crippen LogP contribution in [0.15, 0.2) is 0 Å². The van der Waals surface area contributed by atoms with Crippen LogP contribution < -0.4 is 5.32 Å². The number of methoxy groups -OCH3 is 1. The van der Waals surface area contributed by atoms with E-state index in [1.807, 2.05) is 13.8 Å². The number of carbonyl (C=O) groups excluding carboxylic acids is 2. The summed E-state index contributed by atoms with van der Waals surface area (Å²) in [5, 5.41) is 2.57. The third kappa shape index (κ3) is 3.92. The Labute approximate surface area is 78.6 Å². The summed E-state index contributed by atoms with van der Waals surface area (Å²) in [6, 6.07) is -0.521. The minimum Gasteiger partial charge on any atom is -0.467 e. The maximum absolute atomic E-state index is 11.2. The van der Waals surface area contributed by atoms with Crippen molar-refractivity contribution in [2.45, 2.75) is 33.2 Å². The fourth-order valence-electron chi connectivity index (χ4n) is 1.02. The van der Waals surface area contributed by atoms with Crippen LogP contribution in [-0.4, -0.2) is 25.0 Å². The van der Waals surface area contributed by atoms with Gasteiger partial charge in [-0.25, -0.2) is 4.79 Å². The molecule has 0 spiro atoms. The molecule has 0 aliphatic carbocycles. The summed E-state index contributed by atoms with van der Waals surface area (Å²) < 4.78 is 4.58. The molecule has 0 heterocycles. The average Bonchev–Trinajstić information content (AvgIpc) is 2.11. The fourth-order valence-corrected chi connectivity index (χ4v) is 1.02. The molecule has 4 heteroatoms. The van der Waals surface area contributed by atoms with E-state index in [9.17, 15) is 9.59 Å². The third-order valence-electron chi connectivity index (χ3n) is 2.03. The van der Waals surface area contributed by atoms with Gasteiger partial charge in [0.15, 0.2) is 0 Å². The Morgan fingerprint density at radius 1 is 1.46 bits per heavy atom. The smallest absolute Gasteiger partial charge is 0.328 e. The SMILES string of the molecule is CCC(C)C(NC(C)=O)C(=O)OC. The van der Waals surface area contributed by atoms with Crippen molar-refractivity contribution in [3.05, 3.63) is 0 Å². The molecule has 2 unspecified atom stereocenters. The zero-order chi connectivity index (χ0) is 10.4. The van der Waals surface area contributed by atoms with E-state index in [4.69, 9.17) is 0 Å². The van der Waals surface area contributed by atoms with E-state index >= 15 is 0 Å². The molecule has 0 aromatic rings. The molecule has 0 aromatic carbocycles. The van der Waals surface area contributed by atoms with Gasteiger partial charge in [0.05, 0.1) is 7.11 Å². The molecule has 0 aromatic heterocycles. The predicted molar refractivity (Wildman–Crippen MR) is 49.1 cm³/mol. The molecule has 4 nitrogen and oxygen atoms in total. The molecule has 0 bridgehead atoms. The molecule has 0 aliphatic rings. The highest BCUT2D eigenvalue weighted by molar-refractivity contribution is 5.83. The van der Waals surface area contributed by atoms with Crippen molar-refractivity contribution in [2.24, 2.45) is 5.92 Å². The molecule has 0 radical (unpaired) electrons. The minimum atomic E-state index is -0.521. The van der Waals surface area contributed by atoms with Crippen LogP contribution in [-0.2, 0) is 14.3 Å². The Hall–Kier alpha value is -1.06. The number of carbonyl (C=O) groups is 2. The first kappa shape index (κ1) is 11.9. The second kappa shape index (κ2) is 5.56. The van der Waals surface area contributed by atoms with E-state index in [0.717, 1.165) is 6.42 Å². The van der Waals surface area contributed by atoms with Gasteiger partial charge in [0.2, 0.25) is 5.91 Å². The summed E-state index contributed by atoms with van der Waals surface area (Å²) in [5.41, 5.74) is 0. The van der Waals surface area contributed by atoms with Crippen LogP contribution in [0.2, 0.25) is 0 Å². The maximum Gasteiger partial charge on any atom is 0.328 e. The summed E-state index contributed by atoms with van der Waals surface area (Å²) >= 11 is 0. The molecule has 0 rings (SSSR count). The number of nitrogens with one attached hydrogen (secondary N) is 1. The Kier molecular flexibility index (Phi) is 5.11. The molecule has 0 fully saturated rings. The Balaban J connectivity index is 4.35. The number of amides is 1. The van der Waals surface area contributed by atoms with Gasteiger partial charge in [0, 0.05) is 6.92 Å². The lowest BCUT2D eigenvalue weighted by Crippen LogP contribution is -2.44. The summed E-state index contributed by atoms with van der Waals surface area (Å²) in [6.07, 6.45) is 0.819. The largest absolute Gasteiger partial charge is 0.467 e. The second-order valence-corrected chi connectivity index (χ2v) is 3.09. The van der Waals surface area contributed by atoms with Gasteiger partial charge in [-0.3, -0.25) is 4.79 Å². The van der Waals surface area contributed by atoms with E-state index in [1.54, 1.807) is 0 Å². The van der Waals surface area contributed by atoms with Crippen molar-refractivity contribution in [3.63, 3.8) is 0 Å². The minimum absolute atomic E-state index is 0.0938. The standard InChI is InChI=1S/C9H17NO3/c1-5-6(2)8(9(12)13-4)10-7(3)11/h6,8H,5H2,1-4H3,(H,10,11). The highest BCUT2D eigenvalue weighted by atomic mass is 16.5. The molecule has 2 atom stereocenters. The molecule has 1 amide bonds. The lowest BCUT2D eigenvalue weighted by molar-refractivity contribution is -0.146. The topological polar surface area (TPSA) is 55.4 Å². The van der Waals surface area contributed by atoms with Crippen LogP contribution in [0.5, 0.6) is 0 Å². The molecule has 13 heavy (non-hydrogen) atoms. The zero-order valence-electron chi connectivity index (χ0n) is 8.59. The van der Waals surface area contributed by atoms with Crippen molar-refractivity contribution in [1.82, 2.24) is 5.32 Å². The molecule has 0 saturated heterocycles. The van der Waals surface area contributed by atoms with Crippen LogP contribution in [0.25, 0.3) is 0 Å². The monoisotopic (exact) mass is 187 g/mol. The van der Waals surface area contributed by atoms with Gasteiger partial charge in [0.1, 0.15) is 6.04 Å². The number of rotatable bonds is 4. The normalized spacial score (nSPS) is 14.5. The van der Waals surface area contributed by atoms with Gasteiger partial charge in [-0.2, -0.15) is 0 Å². The Morgan fingerprint density at radius 2 is 2.00 bits per heavy atom. The molecular formula is C9H17NO3. The van der Waals surface area contributed by atoms with Gasteiger partial charge in [-0.1, -0.05) is 20.3 Å². The van der Waals surface area contributed by atoms with Crippen LogP contribution in [0.3, 0.4) is 0 Å². The molecular weight excluding hydrogens is 170 g/mol. The fraction of sp³-hybridized carbons (Fsp3) is 0.778. The first-order valence-electron chi connectivity index (χ1n) is 4.37. The van der Waals surface area contributed by atoms with Crippen molar-refractivity contribution < 1.29 is 14.3 Å². The number of esters is 1.